The number of carbonyl (C=O) groups is 1. The SMILES string of the molecule is C=CCn1cnnc1SCC(=O)N[C@@H](C)c1ccc(Cl)cc1Cl. The molecule has 1 heterocycles. The maximum atomic E-state index is 12.1. The second-order valence-electron chi connectivity index (χ2n) is 4.80. The number of rotatable bonds is 7. The molecule has 0 radical (unpaired) electrons. The van der Waals surface area contributed by atoms with Gasteiger partial charge >= 0.3 is 0 Å². The summed E-state index contributed by atoms with van der Waals surface area (Å²) in [6.45, 7) is 6.15. The van der Waals surface area contributed by atoms with E-state index in [1.54, 1.807) is 24.5 Å². The number of carbonyl (C=O) groups excluding carboxylic acids is 1. The molecule has 0 bridgehead atoms. The number of nitrogens with one attached hydrogen (secondary N) is 1. The summed E-state index contributed by atoms with van der Waals surface area (Å²) in [5, 5.41) is 12.5. The van der Waals surface area contributed by atoms with Gasteiger partial charge in [-0.15, -0.1) is 16.8 Å². The fraction of sp³-hybridized carbons (Fsp3) is 0.267. The maximum absolute atomic E-state index is 12.1. The van der Waals surface area contributed by atoms with Gasteiger partial charge in [-0.05, 0) is 24.6 Å². The minimum Gasteiger partial charge on any atom is -0.349 e. The first-order chi connectivity index (χ1) is 11.0. The Hall–Kier alpha value is -1.50. The third-order valence-corrected chi connectivity index (χ3v) is 4.59. The van der Waals surface area contributed by atoms with E-state index in [1.807, 2.05) is 17.6 Å². The zero-order valence-electron chi connectivity index (χ0n) is 12.5. The van der Waals surface area contributed by atoms with Gasteiger partial charge < -0.3 is 9.88 Å². The first-order valence-corrected chi connectivity index (χ1v) is 8.61. The molecule has 0 fully saturated rings. The largest absolute Gasteiger partial charge is 0.349 e. The molecule has 2 aromatic rings. The van der Waals surface area contributed by atoms with E-state index in [0.717, 1.165) is 5.56 Å². The van der Waals surface area contributed by atoms with Crippen molar-refractivity contribution in [1.29, 1.82) is 0 Å². The lowest BCUT2D eigenvalue weighted by atomic mass is 10.1. The summed E-state index contributed by atoms with van der Waals surface area (Å²) in [7, 11) is 0. The Morgan fingerprint density at radius 1 is 1.52 bits per heavy atom. The Labute approximate surface area is 149 Å². The highest BCUT2D eigenvalue weighted by atomic mass is 35.5. The van der Waals surface area contributed by atoms with Gasteiger partial charge in [-0.3, -0.25) is 4.79 Å². The highest BCUT2D eigenvalue weighted by molar-refractivity contribution is 7.99. The summed E-state index contributed by atoms with van der Waals surface area (Å²) in [5.41, 5.74) is 0.823. The minimum absolute atomic E-state index is 0.110. The van der Waals surface area contributed by atoms with E-state index in [1.165, 1.54) is 11.8 Å². The van der Waals surface area contributed by atoms with E-state index in [0.29, 0.717) is 21.7 Å². The van der Waals surface area contributed by atoms with Gasteiger partial charge in [-0.2, -0.15) is 0 Å². The van der Waals surface area contributed by atoms with Crippen LogP contribution < -0.4 is 5.32 Å². The molecule has 0 unspecified atom stereocenters. The Morgan fingerprint density at radius 3 is 3.00 bits per heavy atom. The summed E-state index contributed by atoms with van der Waals surface area (Å²) >= 11 is 13.3. The third kappa shape index (κ3) is 4.99. The Bertz CT molecular complexity index is 705. The van der Waals surface area contributed by atoms with Crippen LogP contribution in [0.25, 0.3) is 0 Å². The number of benzene rings is 1. The van der Waals surface area contributed by atoms with Crippen LogP contribution in [0.3, 0.4) is 0 Å². The van der Waals surface area contributed by atoms with Gasteiger partial charge in [0.1, 0.15) is 6.33 Å². The molecule has 2 rings (SSSR count). The zero-order chi connectivity index (χ0) is 16.8. The molecule has 1 atom stereocenters. The normalized spacial score (nSPS) is 12.0. The molecule has 0 saturated heterocycles. The number of allylic oxidation sites excluding steroid dienone is 1. The predicted molar refractivity (Wildman–Crippen MR) is 94.0 cm³/mol. The highest BCUT2D eigenvalue weighted by Crippen LogP contribution is 2.26. The predicted octanol–water partition coefficient (Wildman–Crippen LogP) is 3.74. The zero-order valence-corrected chi connectivity index (χ0v) is 14.8. The number of hydrogen-bond acceptors (Lipinski definition) is 4. The molecule has 0 aliphatic carbocycles. The molecule has 122 valence electrons. The summed E-state index contributed by atoms with van der Waals surface area (Å²) < 4.78 is 1.82. The summed E-state index contributed by atoms with van der Waals surface area (Å²) in [4.78, 5) is 12.1. The maximum Gasteiger partial charge on any atom is 0.230 e. The second-order valence-corrected chi connectivity index (χ2v) is 6.58. The van der Waals surface area contributed by atoms with Gasteiger partial charge in [0, 0.05) is 16.6 Å². The molecule has 5 nitrogen and oxygen atoms in total. The van der Waals surface area contributed by atoms with Crippen LogP contribution in [-0.4, -0.2) is 26.4 Å². The van der Waals surface area contributed by atoms with Gasteiger partial charge in [-0.25, -0.2) is 0 Å². The average molecular weight is 371 g/mol. The van der Waals surface area contributed by atoms with Crippen molar-refractivity contribution < 1.29 is 4.79 Å². The molecular formula is C15H16Cl2N4OS. The lowest BCUT2D eigenvalue weighted by Gasteiger charge is -2.15. The molecule has 0 saturated carbocycles. The number of thioether (sulfide) groups is 1. The fourth-order valence-corrected chi connectivity index (χ4v) is 3.27. The van der Waals surface area contributed by atoms with Crippen LogP contribution >= 0.6 is 35.0 Å². The van der Waals surface area contributed by atoms with Crippen LogP contribution in [0.2, 0.25) is 10.0 Å². The molecular weight excluding hydrogens is 355 g/mol. The van der Waals surface area contributed by atoms with Gasteiger partial charge in [0.2, 0.25) is 5.91 Å². The summed E-state index contributed by atoms with van der Waals surface area (Å²) in [6, 6.07) is 5.01. The Morgan fingerprint density at radius 2 is 2.30 bits per heavy atom. The van der Waals surface area contributed by atoms with Crippen LogP contribution in [0.5, 0.6) is 0 Å². The lowest BCUT2D eigenvalue weighted by molar-refractivity contribution is -0.119. The van der Waals surface area contributed by atoms with Crippen molar-refractivity contribution in [3.8, 4) is 0 Å². The third-order valence-electron chi connectivity index (χ3n) is 3.04. The lowest BCUT2D eigenvalue weighted by Crippen LogP contribution is -2.28. The van der Waals surface area contributed by atoms with E-state index >= 15 is 0 Å². The van der Waals surface area contributed by atoms with Crippen molar-refractivity contribution in [3.63, 3.8) is 0 Å². The first kappa shape index (κ1) is 17.8. The van der Waals surface area contributed by atoms with Crippen molar-refractivity contribution in [2.24, 2.45) is 0 Å². The van der Waals surface area contributed by atoms with Crippen molar-refractivity contribution in [1.82, 2.24) is 20.1 Å². The highest BCUT2D eigenvalue weighted by Gasteiger charge is 2.14. The standard InChI is InChI=1S/C15H16Cl2N4OS/c1-3-6-21-9-18-20-15(21)23-8-14(22)19-10(2)12-5-4-11(16)7-13(12)17/h3-5,7,9-10H,1,6,8H2,2H3,(H,19,22)/t10-/m0/s1. The van der Waals surface area contributed by atoms with E-state index in [9.17, 15) is 4.79 Å². The van der Waals surface area contributed by atoms with Crippen LogP contribution in [0.15, 0.2) is 42.3 Å². The van der Waals surface area contributed by atoms with Crippen LogP contribution in [0.1, 0.15) is 18.5 Å². The molecule has 23 heavy (non-hydrogen) atoms. The van der Waals surface area contributed by atoms with Gasteiger partial charge in [-0.1, -0.05) is 47.1 Å². The minimum atomic E-state index is -0.209. The summed E-state index contributed by atoms with van der Waals surface area (Å²) in [6.07, 6.45) is 3.36. The van der Waals surface area contributed by atoms with Crippen molar-refractivity contribution in [2.75, 3.05) is 5.75 Å². The van der Waals surface area contributed by atoms with Crippen molar-refractivity contribution in [3.05, 3.63) is 52.8 Å². The monoisotopic (exact) mass is 370 g/mol. The molecule has 1 N–H and O–H groups in total. The van der Waals surface area contributed by atoms with Crippen molar-refractivity contribution >= 4 is 40.9 Å². The number of hydrogen-bond donors (Lipinski definition) is 1. The smallest absolute Gasteiger partial charge is 0.230 e. The van der Waals surface area contributed by atoms with E-state index in [-0.39, 0.29) is 17.7 Å². The summed E-state index contributed by atoms with van der Waals surface area (Å²) in [5.74, 6) is 0.132. The first-order valence-electron chi connectivity index (χ1n) is 6.87. The number of nitrogens with zero attached hydrogens (tertiary/aromatic N) is 3. The van der Waals surface area contributed by atoms with Gasteiger partial charge in [0.05, 0.1) is 11.8 Å². The topological polar surface area (TPSA) is 59.8 Å². The van der Waals surface area contributed by atoms with Crippen LogP contribution in [-0.2, 0) is 11.3 Å². The molecule has 0 spiro atoms. The molecule has 1 amide bonds. The number of amides is 1. The number of halogens is 2. The Balaban J connectivity index is 1.91. The van der Waals surface area contributed by atoms with E-state index in [4.69, 9.17) is 23.2 Å². The van der Waals surface area contributed by atoms with E-state index in [2.05, 4.69) is 22.1 Å². The second kappa shape index (κ2) is 8.38. The van der Waals surface area contributed by atoms with E-state index < -0.39 is 0 Å². The molecule has 0 aliphatic rings. The molecule has 1 aromatic heterocycles. The van der Waals surface area contributed by atoms with Gasteiger partial charge in [0.15, 0.2) is 5.16 Å². The van der Waals surface area contributed by atoms with Crippen LogP contribution in [0.4, 0.5) is 0 Å². The molecule has 1 aromatic carbocycles. The van der Waals surface area contributed by atoms with Gasteiger partial charge in [0.25, 0.3) is 0 Å². The molecule has 8 heteroatoms. The Kier molecular flexibility index (Phi) is 6.50. The molecule has 0 aliphatic heterocycles. The average Bonchev–Trinajstić information content (AvgIpc) is 2.92. The van der Waals surface area contributed by atoms with Crippen LogP contribution in [0, 0.1) is 0 Å². The number of aromatic nitrogens is 3. The fourth-order valence-electron chi connectivity index (χ4n) is 1.96. The van der Waals surface area contributed by atoms with Crippen molar-refractivity contribution in [2.45, 2.75) is 24.7 Å². The quantitative estimate of drug-likeness (QED) is 0.595.